The van der Waals surface area contributed by atoms with Gasteiger partial charge in [0, 0.05) is 6.04 Å². The summed E-state index contributed by atoms with van der Waals surface area (Å²) >= 11 is 1.46. The summed E-state index contributed by atoms with van der Waals surface area (Å²) in [7, 11) is 0. The van der Waals surface area contributed by atoms with E-state index < -0.39 is 0 Å². The minimum atomic E-state index is 0.0343. The molecule has 1 aliphatic heterocycles. The molecule has 1 saturated carbocycles. The Morgan fingerprint density at radius 2 is 1.68 bits per heavy atom. The lowest BCUT2D eigenvalue weighted by atomic mass is 9.85. The lowest BCUT2D eigenvalue weighted by Gasteiger charge is -2.35. The highest BCUT2D eigenvalue weighted by Gasteiger charge is 2.41. The maximum Gasteiger partial charge on any atom is 0.267 e. The molecule has 3 aromatic carbocycles. The van der Waals surface area contributed by atoms with E-state index in [1.807, 2.05) is 66.4 Å². The first kappa shape index (κ1) is 29.0. The molecule has 0 spiro atoms. The summed E-state index contributed by atoms with van der Waals surface area (Å²) in [4.78, 5) is 21.4. The highest BCUT2D eigenvalue weighted by molar-refractivity contribution is 8.18. The van der Waals surface area contributed by atoms with Crippen LogP contribution >= 0.6 is 11.8 Å². The fraction of sp³-hybridized carbons (Fsp3) is 0.371. The molecule has 3 aromatic rings. The topological polar surface area (TPSA) is 51.1 Å². The van der Waals surface area contributed by atoms with Crippen LogP contribution in [0, 0.1) is 26.7 Å². The van der Waals surface area contributed by atoms with Crippen molar-refractivity contribution in [1.82, 2.24) is 4.90 Å². The molecule has 0 bridgehead atoms. The van der Waals surface area contributed by atoms with Gasteiger partial charge in [0.1, 0.15) is 6.61 Å². The number of rotatable bonds is 8. The van der Waals surface area contributed by atoms with Gasteiger partial charge in [-0.3, -0.25) is 9.69 Å². The van der Waals surface area contributed by atoms with Crippen LogP contribution in [0.25, 0.3) is 6.08 Å². The van der Waals surface area contributed by atoms with Crippen molar-refractivity contribution in [3.63, 3.8) is 0 Å². The van der Waals surface area contributed by atoms with E-state index >= 15 is 0 Å². The molecule has 2 atom stereocenters. The number of benzene rings is 3. The van der Waals surface area contributed by atoms with Crippen LogP contribution < -0.4 is 9.47 Å². The number of hydrogen-bond donors (Lipinski definition) is 0. The monoisotopic (exact) mass is 568 g/mol. The number of aliphatic imine (C=N–C) groups is 1. The average molecular weight is 569 g/mol. The largest absolute Gasteiger partial charge is 0.490 e. The first-order valence-corrected chi connectivity index (χ1v) is 15.5. The number of carbonyl (C=O) groups is 1. The van der Waals surface area contributed by atoms with Crippen molar-refractivity contribution in [3.05, 3.63) is 93.4 Å². The van der Waals surface area contributed by atoms with E-state index in [1.54, 1.807) is 0 Å². The number of amidine groups is 1. The van der Waals surface area contributed by atoms with E-state index in [0.29, 0.717) is 35.5 Å². The lowest BCUT2D eigenvalue weighted by molar-refractivity contribution is -0.124. The van der Waals surface area contributed by atoms with Crippen LogP contribution in [-0.2, 0) is 11.4 Å². The van der Waals surface area contributed by atoms with Gasteiger partial charge in [-0.25, -0.2) is 4.99 Å². The average Bonchev–Trinajstić information content (AvgIpc) is 3.24. The van der Waals surface area contributed by atoms with Gasteiger partial charge in [-0.1, -0.05) is 61.7 Å². The molecular weight excluding hydrogens is 528 g/mol. The second-order valence-electron chi connectivity index (χ2n) is 11.1. The Kier molecular flexibility index (Phi) is 9.19. The first-order valence-electron chi connectivity index (χ1n) is 14.7. The molecule has 1 heterocycles. The maximum atomic E-state index is 13.9. The summed E-state index contributed by atoms with van der Waals surface area (Å²) in [6, 6.07) is 20.3. The van der Waals surface area contributed by atoms with Crippen LogP contribution in [0.2, 0.25) is 0 Å². The van der Waals surface area contributed by atoms with E-state index in [1.165, 1.54) is 40.4 Å². The number of para-hydroxylation sites is 1. The number of carbonyl (C=O) groups excluding carboxylic acids is 1. The minimum Gasteiger partial charge on any atom is -0.490 e. The number of amides is 1. The van der Waals surface area contributed by atoms with Crippen LogP contribution in [-0.4, -0.2) is 28.6 Å². The smallest absolute Gasteiger partial charge is 0.267 e. The second-order valence-corrected chi connectivity index (χ2v) is 12.2. The lowest BCUT2D eigenvalue weighted by Crippen LogP contribution is -2.44. The predicted molar refractivity (Wildman–Crippen MR) is 170 cm³/mol. The zero-order valence-electron chi connectivity index (χ0n) is 24.8. The Balaban J connectivity index is 1.43. The molecule has 6 heteroatoms. The normalized spacial score (nSPS) is 21.1. The molecule has 2 fully saturated rings. The Hall–Kier alpha value is -3.51. The van der Waals surface area contributed by atoms with E-state index in [4.69, 9.17) is 14.5 Å². The standard InChI is InChI=1S/C35H40N2O3S/c1-6-39-32-20-27(16-17-31(32)40-22-29-25(4)18-23(2)19-26(29)5)21-33-34(38)37(30-15-11-10-12-24(30)3)35(41-33)36-28-13-8-7-9-14-28/h7-9,13-14,16-21,24,30H,6,10-12,15,22H2,1-5H3/b33-21-,36-35?/t24-,30-/m1/s1. The van der Waals surface area contributed by atoms with Gasteiger partial charge in [-0.15, -0.1) is 0 Å². The molecule has 214 valence electrons. The fourth-order valence-corrected chi connectivity index (χ4v) is 6.94. The summed E-state index contributed by atoms with van der Waals surface area (Å²) in [5, 5.41) is 0.764. The van der Waals surface area contributed by atoms with Gasteiger partial charge in [0.2, 0.25) is 0 Å². The maximum absolute atomic E-state index is 13.9. The van der Waals surface area contributed by atoms with E-state index in [9.17, 15) is 4.79 Å². The molecule has 0 unspecified atom stereocenters. The molecule has 1 aliphatic carbocycles. The number of nitrogens with zero attached hydrogens (tertiary/aromatic N) is 2. The fourth-order valence-electron chi connectivity index (χ4n) is 5.89. The van der Waals surface area contributed by atoms with E-state index in [-0.39, 0.29) is 11.9 Å². The van der Waals surface area contributed by atoms with Gasteiger partial charge in [-0.05, 0) is 111 Å². The van der Waals surface area contributed by atoms with E-state index in [0.717, 1.165) is 35.7 Å². The molecule has 0 N–H and O–H groups in total. The third-order valence-electron chi connectivity index (χ3n) is 7.99. The predicted octanol–water partition coefficient (Wildman–Crippen LogP) is 8.77. The molecule has 41 heavy (non-hydrogen) atoms. The summed E-state index contributed by atoms with van der Waals surface area (Å²) < 4.78 is 12.3. The molecule has 5 nitrogen and oxygen atoms in total. The van der Waals surface area contributed by atoms with Crippen molar-refractivity contribution in [3.8, 4) is 11.5 Å². The molecular formula is C35H40N2O3S. The summed E-state index contributed by atoms with van der Waals surface area (Å²) in [6.45, 7) is 11.6. The van der Waals surface area contributed by atoms with Crippen LogP contribution in [0.4, 0.5) is 5.69 Å². The number of aryl methyl sites for hydroxylation is 3. The zero-order chi connectivity index (χ0) is 28.9. The van der Waals surface area contributed by atoms with Crippen molar-refractivity contribution >= 4 is 34.6 Å². The summed E-state index contributed by atoms with van der Waals surface area (Å²) in [6.07, 6.45) is 6.47. The zero-order valence-corrected chi connectivity index (χ0v) is 25.6. The van der Waals surface area contributed by atoms with Gasteiger partial charge >= 0.3 is 0 Å². The second kappa shape index (κ2) is 13.0. The van der Waals surface area contributed by atoms with Crippen molar-refractivity contribution in [2.45, 2.75) is 73.0 Å². The van der Waals surface area contributed by atoms with Crippen molar-refractivity contribution < 1.29 is 14.3 Å². The Morgan fingerprint density at radius 1 is 0.951 bits per heavy atom. The Bertz CT molecular complexity index is 1440. The van der Waals surface area contributed by atoms with Gasteiger partial charge in [0.25, 0.3) is 5.91 Å². The molecule has 0 aromatic heterocycles. The Morgan fingerprint density at radius 3 is 2.39 bits per heavy atom. The van der Waals surface area contributed by atoms with Gasteiger partial charge < -0.3 is 9.47 Å². The number of ether oxygens (including phenoxy) is 2. The van der Waals surface area contributed by atoms with Crippen LogP contribution in [0.1, 0.15) is 67.3 Å². The number of hydrogen-bond acceptors (Lipinski definition) is 5. The third kappa shape index (κ3) is 6.70. The molecule has 2 aliphatic rings. The SMILES string of the molecule is CCOc1cc(/C=C2\SC(=Nc3ccccc3)N([C@@H]3CCCC[C@H]3C)C2=O)ccc1OCc1c(C)cc(C)cc1C. The quantitative estimate of drug-likeness (QED) is 0.255. The van der Waals surface area contributed by atoms with Crippen molar-refractivity contribution in [2.75, 3.05) is 6.61 Å². The molecule has 5 rings (SSSR count). The van der Waals surface area contributed by atoms with Crippen molar-refractivity contribution in [2.24, 2.45) is 10.9 Å². The number of thioether (sulfide) groups is 1. The van der Waals surface area contributed by atoms with Gasteiger partial charge in [0.05, 0.1) is 17.2 Å². The minimum absolute atomic E-state index is 0.0343. The van der Waals surface area contributed by atoms with Crippen LogP contribution in [0.15, 0.2) is 70.6 Å². The van der Waals surface area contributed by atoms with Crippen LogP contribution in [0.3, 0.4) is 0 Å². The molecule has 0 radical (unpaired) electrons. The Labute approximate surface area is 248 Å². The van der Waals surface area contributed by atoms with Gasteiger partial charge in [-0.2, -0.15) is 0 Å². The molecule has 1 saturated heterocycles. The summed E-state index contributed by atoms with van der Waals surface area (Å²) in [5.41, 5.74) is 6.66. The summed E-state index contributed by atoms with van der Waals surface area (Å²) in [5.74, 6) is 1.85. The highest BCUT2D eigenvalue weighted by atomic mass is 32.2. The highest BCUT2D eigenvalue weighted by Crippen LogP contribution is 2.41. The van der Waals surface area contributed by atoms with Crippen molar-refractivity contribution in [1.29, 1.82) is 0 Å². The van der Waals surface area contributed by atoms with Gasteiger partial charge in [0.15, 0.2) is 16.7 Å². The van der Waals surface area contributed by atoms with E-state index in [2.05, 4.69) is 39.8 Å². The van der Waals surface area contributed by atoms with Crippen LogP contribution in [0.5, 0.6) is 11.5 Å². The molecule has 1 amide bonds. The third-order valence-corrected chi connectivity index (χ3v) is 8.98. The first-order chi connectivity index (χ1) is 19.8.